The number of hydrogen-bond donors (Lipinski definition) is 2. The van der Waals surface area contributed by atoms with E-state index in [1.54, 1.807) is 24.3 Å². The van der Waals surface area contributed by atoms with Gasteiger partial charge < -0.3 is 10.8 Å². The average Bonchev–Trinajstić information content (AvgIpc) is 2.29. The molecule has 0 amide bonds. The van der Waals surface area contributed by atoms with Crippen molar-refractivity contribution in [2.24, 2.45) is 5.73 Å². The number of phenolic OH excluding ortho intramolecular Hbond substituents is 1. The third kappa shape index (κ3) is 2.48. The molecule has 0 radical (unpaired) electrons. The molecule has 92 valence electrons. The third-order valence-corrected chi connectivity index (χ3v) is 2.57. The molecule has 0 aliphatic rings. The minimum Gasteiger partial charge on any atom is -0.507 e. The predicted octanol–water partition coefficient (Wildman–Crippen LogP) is 3.23. The monoisotopic (exact) mass is 259 g/mol. The lowest BCUT2D eigenvalue weighted by atomic mass is 9.99. The number of halogens is 3. The maximum absolute atomic E-state index is 12.6. The van der Waals surface area contributed by atoms with Crippen molar-refractivity contribution in [2.75, 3.05) is 0 Å². The van der Waals surface area contributed by atoms with Crippen molar-refractivity contribution in [3.63, 3.8) is 0 Å². The van der Waals surface area contributed by atoms with Gasteiger partial charge in [-0.1, -0.05) is 30.3 Å². The van der Waals surface area contributed by atoms with Crippen molar-refractivity contribution >= 4 is 23.2 Å². The summed E-state index contributed by atoms with van der Waals surface area (Å²) < 4.78 is 25.1. The van der Waals surface area contributed by atoms with Gasteiger partial charge in [0.05, 0.1) is 6.04 Å². The van der Waals surface area contributed by atoms with Crippen LogP contribution in [0.3, 0.4) is 0 Å². The van der Waals surface area contributed by atoms with E-state index in [1.165, 1.54) is 12.1 Å². The average molecular weight is 260 g/mol. The molecular weight excluding hydrogens is 248 g/mol. The van der Waals surface area contributed by atoms with E-state index in [9.17, 15) is 13.9 Å². The maximum atomic E-state index is 12.6. The summed E-state index contributed by atoms with van der Waals surface area (Å²) in [5.41, 5.74) is 5.77. The predicted molar refractivity (Wildman–Crippen MR) is 65.8 cm³/mol. The van der Waals surface area contributed by atoms with Crippen LogP contribution in [0.1, 0.15) is 11.6 Å². The molecule has 1 atom stereocenters. The number of benzene rings is 2. The van der Waals surface area contributed by atoms with E-state index in [2.05, 4.69) is 0 Å². The summed E-state index contributed by atoms with van der Waals surface area (Å²) in [6, 6.07) is 8.31. The van der Waals surface area contributed by atoms with Gasteiger partial charge in [-0.05, 0) is 17.0 Å². The summed E-state index contributed by atoms with van der Waals surface area (Å²) in [6.45, 7) is 0. The van der Waals surface area contributed by atoms with Crippen molar-refractivity contribution in [1.29, 1.82) is 0 Å². The van der Waals surface area contributed by atoms with Gasteiger partial charge in [0.1, 0.15) is 5.75 Å². The van der Waals surface area contributed by atoms with Crippen LogP contribution >= 0.6 is 12.4 Å². The molecule has 0 aliphatic heterocycles. The van der Waals surface area contributed by atoms with Crippen LogP contribution < -0.4 is 5.73 Å². The van der Waals surface area contributed by atoms with Gasteiger partial charge in [-0.15, -0.1) is 12.4 Å². The first-order chi connectivity index (χ1) is 7.61. The molecule has 3 N–H and O–H groups in total. The number of nitrogens with two attached hydrogens (primary N) is 1. The second-order valence-electron chi connectivity index (χ2n) is 3.58. The second-order valence-corrected chi connectivity index (χ2v) is 3.58. The third-order valence-electron chi connectivity index (χ3n) is 2.57. The Hall–Kier alpha value is -1.39. The standard InChI is InChI=1S/C12H11F2NO.ClH/c13-12(14)11(15)9-5-6-10(16)8-4-2-1-3-7(8)9;/h1-6,11-12,16H,15H2;1H/t11-;/m0./s1. The van der Waals surface area contributed by atoms with Gasteiger partial charge in [-0.2, -0.15) is 0 Å². The molecule has 0 bridgehead atoms. The highest BCUT2D eigenvalue weighted by Crippen LogP contribution is 2.31. The lowest BCUT2D eigenvalue weighted by molar-refractivity contribution is 0.117. The SMILES string of the molecule is Cl.N[C@@H](c1ccc(O)c2ccccc12)C(F)F. The van der Waals surface area contributed by atoms with E-state index in [4.69, 9.17) is 5.73 Å². The maximum Gasteiger partial charge on any atom is 0.257 e. The fourth-order valence-corrected chi connectivity index (χ4v) is 1.73. The highest BCUT2D eigenvalue weighted by atomic mass is 35.5. The summed E-state index contributed by atoms with van der Waals surface area (Å²) in [6.07, 6.45) is -2.62. The highest BCUT2D eigenvalue weighted by Gasteiger charge is 2.20. The first kappa shape index (κ1) is 13.7. The first-order valence-electron chi connectivity index (χ1n) is 4.85. The fourth-order valence-electron chi connectivity index (χ4n) is 1.73. The molecule has 2 aromatic carbocycles. The van der Waals surface area contributed by atoms with Gasteiger partial charge in [-0.3, -0.25) is 0 Å². The highest BCUT2D eigenvalue weighted by molar-refractivity contribution is 5.91. The van der Waals surface area contributed by atoms with E-state index < -0.39 is 12.5 Å². The number of hydrogen-bond acceptors (Lipinski definition) is 2. The van der Waals surface area contributed by atoms with Gasteiger partial charge in [-0.25, -0.2) is 8.78 Å². The smallest absolute Gasteiger partial charge is 0.257 e. The van der Waals surface area contributed by atoms with Crippen LogP contribution in [0.5, 0.6) is 5.75 Å². The van der Waals surface area contributed by atoms with Crippen LogP contribution in [0, 0.1) is 0 Å². The summed E-state index contributed by atoms with van der Waals surface area (Å²) in [7, 11) is 0. The molecule has 0 saturated heterocycles. The topological polar surface area (TPSA) is 46.2 Å². The van der Waals surface area contributed by atoms with E-state index >= 15 is 0 Å². The van der Waals surface area contributed by atoms with Crippen LogP contribution in [-0.4, -0.2) is 11.5 Å². The molecule has 5 heteroatoms. The molecule has 0 spiro atoms. The van der Waals surface area contributed by atoms with Crippen LogP contribution in [0.25, 0.3) is 10.8 Å². The minimum atomic E-state index is -2.62. The summed E-state index contributed by atoms with van der Waals surface area (Å²) in [5.74, 6) is 0.0702. The molecule has 2 nitrogen and oxygen atoms in total. The van der Waals surface area contributed by atoms with E-state index in [1.807, 2.05) is 0 Å². The van der Waals surface area contributed by atoms with Gasteiger partial charge in [0.2, 0.25) is 0 Å². The molecule has 0 heterocycles. The zero-order valence-corrected chi connectivity index (χ0v) is 9.62. The largest absolute Gasteiger partial charge is 0.507 e. The molecule has 0 aliphatic carbocycles. The fraction of sp³-hybridized carbons (Fsp3) is 0.167. The Morgan fingerprint density at radius 2 is 1.59 bits per heavy atom. The Morgan fingerprint density at radius 3 is 2.18 bits per heavy atom. The zero-order chi connectivity index (χ0) is 11.7. The zero-order valence-electron chi connectivity index (χ0n) is 8.81. The Labute approximate surface area is 103 Å². The number of alkyl halides is 2. The van der Waals surface area contributed by atoms with Crippen LogP contribution in [0.4, 0.5) is 8.78 Å². The van der Waals surface area contributed by atoms with Crippen molar-refractivity contribution < 1.29 is 13.9 Å². The van der Waals surface area contributed by atoms with Crippen molar-refractivity contribution in [1.82, 2.24) is 0 Å². The van der Waals surface area contributed by atoms with Gasteiger partial charge in [0.15, 0.2) is 0 Å². The van der Waals surface area contributed by atoms with Gasteiger partial charge in [0, 0.05) is 5.39 Å². The quantitative estimate of drug-likeness (QED) is 0.870. The summed E-state index contributed by atoms with van der Waals surface area (Å²) in [4.78, 5) is 0. The normalized spacial score (nSPS) is 12.5. The molecule has 2 rings (SSSR count). The van der Waals surface area contributed by atoms with Crippen molar-refractivity contribution in [3.05, 3.63) is 42.0 Å². The minimum absolute atomic E-state index is 0. The Kier molecular flexibility index (Phi) is 4.26. The van der Waals surface area contributed by atoms with Gasteiger partial charge >= 0.3 is 0 Å². The molecule has 0 aromatic heterocycles. The number of fused-ring (bicyclic) bond motifs is 1. The number of rotatable bonds is 2. The molecule has 0 unspecified atom stereocenters. The molecule has 17 heavy (non-hydrogen) atoms. The Bertz CT molecular complexity index is 519. The van der Waals surface area contributed by atoms with E-state index in [0.717, 1.165) is 0 Å². The lowest BCUT2D eigenvalue weighted by Gasteiger charge is -2.14. The molecular formula is C12H12ClF2NO. The molecule has 0 fully saturated rings. The molecule has 2 aromatic rings. The number of aromatic hydroxyl groups is 1. The Morgan fingerprint density at radius 1 is 1.00 bits per heavy atom. The summed E-state index contributed by atoms with van der Waals surface area (Å²) >= 11 is 0. The molecule has 0 saturated carbocycles. The van der Waals surface area contributed by atoms with Crippen molar-refractivity contribution in [2.45, 2.75) is 12.5 Å². The summed E-state index contributed by atoms with van der Waals surface area (Å²) in [5, 5.41) is 10.7. The van der Waals surface area contributed by atoms with E-state index in [-0.39, 0.29) is 18.2 Å². The second kappa shape index (κ2) is 5.29. The Balaban J connectivity index is 0.00000144. The van der Waals surface area contributed by atoms with Gasteiger partial charge in [0.25, 0.3) is 6.43 Å². The first-order valence-corrected chi connectivity index (χ1v) is 4.85. The van der Waals surface area contributed by atoms with Crippen molar-refractivity contribution in [3.8, 4) is 5.75 Å². The van der Waals surface area contributed by atoms with E-state index in [0.29, 0.717) is 16.3 Å². The lowest BCUT2D eigenvalue weighted by Crippen LogP contribution is -2.19. The van der Waals surface area contributed by atoms with Crippen LogP contribution in [-0.2, 0) is 0 Å². The number of phenols is 1. The van der Waals surface area contributed by atoms with Crippen LogP contribution in [0.2, 0.25) is 0 Å². The van der Waals surface area contributed by atoms with Crippen LogP contribution in [0.15, 0.2) is 36.4 Å².